The maximum atomic E-state index is 14.0. The van der Waals surface area contributed by atoms with Gasteiger partial charge in [-0.05, 0) is 60.1 Å². The van der Waals surface area contributed by atoms with Crippen molar-refractivity contribution in [3.63, 3.8) is 0 Å². The third-order valence-electron chi connectivity index (χ3n) is 3.46. The van der Waals surface area contributed by atoms with Crippen molar-refractivity contribution in [2.75, 3.05) is 19.6 Å². The smallest absolute Gasteiger partial charge is 0.407 e. The van der Waals surface area contributed by atoms with Crippen LogP contribution >= 0.6 is 0 Å². The maximum Gasteiger partial charge on any atom is 0.407 e. The predicted octanol–water partition coefficient (Wildman–Crippen LogP) is 3.66. The molecule has 1 N–H and O–H groups in total. The third kappa shape index (κ3) is 9.67. The van der Waals surface area contributed by atoms with E-state index in [1.54, 1.807) is 41.5 Å². The monoisotopic (exact) mass is 428 g/mol. The topological polar surface area (TPSA) is 84.9 Å². The van der Waals surface area contributed by atoms with Crippen LogP contribution in [-0.4, -0.2) is 53.7 Å². The molecule has 0 aromatic heterocycles. The second-order valence-electron chi connectivity index (χ2n) is 8.72. The van der Waals surface area contributed by atoms with Crippen LogP contribution in [0.15, 0.2) is 18.2 Å². The van der Waals surface area contributed by atoms with Crippen LogP contribution in [0.1, 0.15) is 58.3 Å². The van der Waals surface area contributed by atoms with Gasteiger partial charge in [0.2, 0.25) is 0 Å². The second-order valence-corrected chi connectivity index (χ2v) is 8.72. The van der Waals surface area contributed by atoms with Crippen molar-refractivity contribution in [1.82, 2.24) is 10.2 Å². The molecule has 0 saturated heterocycles. The SMILES string of the molecule is CC(C)(C)OC(=O)CN(CCCNC(=O)OC(C)(C)C)C(=O)c1ccc(F)cc1F. The molecule has 0 heterocycles. The molecule has 0 unspecified atom stereocenters. The number of halogens is 2. The summed E-state index contributed by atoms with van der Waals surface area (Å²) >= 11 is 0. The lowest BCUT2D eigenvalue weighted by Crippen LogP contribution is -2.41. The van der Waals surface area contributed by atoms with Crippen LogP contribution in [0, 0.1) is 11.6 Å². The lowest BCUT2D eigenvalue weighted by Gasteiger charge is -2.25. The number of esters is 1. The van der Waals surface area contributed by atoms with Gasteiger partial charge in [-0.1, -0.05) is 0 Å². The van der Waals surface area contributed by atoms with Crippen LogP contribution in [0.5, 0.6) is 0 Å². The molecule has 30 heavy (non-hydrogen) atoms. The molecule has 2 amide bonds. The summed E-state index contributed by atoms with van der Waals surface area (Å²) in [7, 11) is 0. The van der Waals surface area contributed by atoms with Crippen LogP contribution in [0.3, 0.4) is 0 Å². The number of carbonyl (C=O) groups excluding carboxylic acids is 3. The zero-order chi connectivity index (χ0) is 23.1. The van der Waals surface area contributed by atoms with Crippen molar-refractivity contribution in [1.29, 1.82) is 0 Å². The van der Waals surface area contributed by atoms with Gasteiger partial charge in [0.05, 0.1) is 5.56 Å². The molecule has 9 heteroatoms. The Morgan fingerprint density at radius 1 is 1.00 bits per heavy atom. The zero-order valence-corrected chi connectivity index (χ0v) is 18.3. The number of nitrogens with zero attached hydrogens (tertiary/aromatic N) is 1. The van der Waals surface area contributed by atoms with Gasteiger partial charge in [0.15, 0.2) is 0 Å². The molecule has 7 nitrogen and oxygen atoms in total. The molecule has 0 spiro atoms. The fourth-order valence-corrected chi connectivity index (χ4v) is 2.39. The quantitative estimate of drug-likeness (QED) is 0.529. The van der Waals surface area contributed by atoms with E-state index in [4.69, 9.17) is 9.47 Å². The lowest BCUT2D eigenvalue weighted by atomic mass is 10.1. The molecule has 0 aliphatic carbocycles. The molecule has 0 fully saturated rings. The standard InChI is InChI=1S/C21H30F2N2O5/c1-20(2,3)29-17(26)13-25(11-7-10-24-19(28)30-21(4,5)6)18(27)15-9-8-14(22)12-16(15)23/h8-9,12H,7,10-11,13H2,1-6H3,(H,24,28). The summed E-state index contributed by atoms with van der Waals surface area (Å²) in [6.07, 6.45) is -0.339. The van der Waals surface area contributed by atoms with Gasteiger partial charge in [-0.25, -0.2) is 13.6 Å². The van der Waals surface area contributed by atoms with Gasteiger partial charge in [-0.15, -0.1) is 0 Å². The highest BCUT2D eigenvalue weighted by Crippen LogP contribution is 2.14. The van der Waals surface area contributed by atoms with Crippen molar-refractivity contribution in [3.8, 4) is 0 Å². The summed E-state index contributed by atoms with van der Waals surface area (Å²) in [5.41, 5.74) is -1.77. The van der Waals surface area contributed by atoms with Crippen LogP contribution in [-0.2, 0) is 14.3 Å². The van der Waals surface area contributed by atoms with Gasteiger partial charge in [0.25, 0.3) is 5.91 Å². The number of hydrogen-bond donors (Lipinski definition) is 1. The minimum atomic E-state index is -1.03. The van der Waals surface area contributed by atoms with E-state index < -0.39 is 47.4 Å². The van der Waals surface area contributed by atoms with Crippen LogP contribution < -0.4 is 5.32 Å². The molecule has 0 aliphatic heterocycles. The van der Waals surface area contributed by atoms with Crippen LogP contribution in [0.4, 0.5) is 13.6 Å². The number of ether oxygens (including phenoxy) is 2. The molecular formula is C21H30F2N2O5. The Balaban J connectivity index is 2.81. The van der Waals surface area contributed by atoms with E-state index in [9.17, 15) is 23.2 Å². The Morgan fingerprint density at radius 2 is 1.60 bits per heavy atom. The summed E-state index contributed by atoms with van der Waals surface area (Å²) in [6, 6.07) is 2.59. The van der Waals surface area contributed by atoms with Gasteiger partial charge < -0.3 is 19.7 Å². The number of rotatable bonds is 7. The molecule has 0 bridgehead atoms. The van der Waals surface area contributed by atoms with Crippen LogP contribution in [0.25, 0.3) is 0 Å². The molecule has 1 aromatic carbocycles. The minimum Gasteiger partial charge on any atom is -0.459 e. The lowest BCUT2D eigenvalue weighted by molar-refractivity contribution is -0.155. The van der Waals surface area contributed by atoms with Crippen molar-refractivity contribution in [3.05, 3.63) is 35.4 Å². The molecule has 0 saturated carbocycles. The molecule has 0 atom stereocenters. The van der Waals surface area contributed by atoms with Crippen molar-refractivity contribution < 1.29 is 32.6 Å². The summed E-state index contributed by atoms with van der Waals surface area (Å²) in [5, 5.41) is 2.54. The summed E-state index contributed by atoms with van der Waals surface area (Å²) < 4.78 is 37.5. The molecule has 0 radical (unpaired) electrons. The number of nitrogens with one attached hydrogen (secondary N) is 1. The van der Waals surface area contributed by atoms with E-state index in [0.29, 0.717) is 6.07 Å². The average Bonchev–Trinajstić information content (AvgIpc) is 2.53. The van der Waals surface area contributed by atoms with E-state index in [1.807, 2.05) is 0 Å². The van der Waals surface area contributed by atoms with Gasteiger partial charge in [0, 0.05) is 19.2 Å². The van der Waals surface area contributed by atoms with E-state index >= 15 is 0 Å². The first-order chi connectivity index (χ1) is 13.7. The minimum absolute atomic E-state index is 0.0324. The summed E-state index contributed by atoms with van der Waals surface area (Å²) in [6.45, 7) is 10.0. The number of alkyl carbamates (subject to hydrolysis) is 1. The first kappa shape index (κ1) is 25.3. The van der Waals surface area contributed by atoms with E-state index in [0.717, 1.165) is 17.0 Å². The average molecular weight is 428 g/mol. The molecule has 1 rings (SSSR count). The number of carbonyl (C=O) groups is 3. The number of amides is 2. The Bertz CT molecular complexity index is 770. The maximum absolute atomic E-state index is 14.0. The van der Waals surface area contributed by atoms with E-state index in [2.05, 4.69) is 5.32 Å². The second kappa shape index (κ2) is 10.4. The van der Waals surface area contributed by atoms with Crippen LogP contribution in [0.2, 0.25) is 0 Å². The number of benzene rings is 1. The molecule has 0 aliphatic rings. The highest BCUT2D eigenvalue weighted by Gasteiger charge is 2.25. The van der Waals surface area contributed by atoms with Crippen molar-refractivity contribution in [2.24, 2.45) is 0 Å². The fourth-order valence-electron chi connectivity index (χ4n) is 2.39. The highest BCUT2D eigenvalue weighted by atomic mass is 19.1. The summed E-state index contributed by atoms with van der Waals surface area (Å²) in [5.74, 6) is -3.29. The molecular weight excluding hydrogens is 398 g/mol. The van der Waals surface area contributed by atoms with E-state index in [-0.39, 0.29) is 25.1 Å². The highest BCUT2D eigenvalue weighted by molar-refractivity contribution is 5.96. The fraction of sp³-hybridized carbons (Fsp3) is 0.571. The normalized spacial score (nSPS) is 11.6. The van der Waals surface area contributed by atoms with Gasteiger partial charge >= 0.3 is 12.1 Å². The van der Waals surface area contributed by atoms with E-state index in [1.165, 1.54) is 0 Å². The summed E-state index contributed by atoms with van der Waals surface area (Å²) in [4.78, 5) is 37.7. The Morgan fingerprint density at radius 3 is 2.13 bits per heavy atom. The largest absolute Gasteiger partial charge is 0.459 e. The Kier molecular flexibility index (Phi) is 8.74. The predicted molar refractivity (Wildman–Crippen MR) is 107 cm³/mol. The Hall–Kier alpha value is -2.71. The Labute approximate surface area is 175 Å². The van der Waals surface area contributed by atoms with Crippen molar-refractivity contribution >= 4 is 18.0 Å². The number of hydrogen-bond acceptors (Lipinski definition) is 5. The zero-order valence-electron chi connectivity index (χ0n) is 18.3. The van der Waals surface area contributed by atoms with Gasteiger partial charge in [-0.3, -0.25) is 9.59 Å². The van der Waals surface area contributed by atoms with Crippen molar-refractivity contribution in [2.45, 2.75) is 59.2 Å². The first-order valence-corrected chi connectivity index (χ1v) is 9.61. The first-order valence-electron chi connectivity index (χ1n) is 9.61. The van der Waals surface area contributed by atoms with Gasteiger partial charge in [-0.2, -0.15) is 0 Å². The third-order valence-corrected chi connectivity index (χ3v) is 3.46. The molecule has 1 aromatic rings. The van der Waals surface area contributed by atoms with Gasteiger partial charge in [0.1, 0.15) is 29.4 Å². The molecule has 168 valence electrons.